The van der Waals surface area contributed by atoms with Crippen LogP contribution in [0.4, 0.5) is 5.69 Å². The second-order valence-corrected chi connectivity index (χ2v) is 9.22. The molecular weight excluding hydrogens is 400 g/mol. The van der Waals surface area contributed by atoms with Crippen LogP contribution in [-0.4, -0.2) is 13.4 Å². The van der Waals surface area contributed by atoms with Gasteiger partial charge in [0, 0.05) is 5.56 Å². The van der Waals surface area contributed by atoms with E-state index in [2.05, 4.69) is 9.71 Å². The zero-order valence-electron chi connectivity index (χ0n) is 14.3. The molecule has 3 aromatic carbocycles. The Balaban J connectivity index is 1.64. The van der Waals surface area contributed by atoms with E-state index < -0.39 is 10.0 Å². The van der Waals surface area contributed by atoms with E-state index in [9.17, 15) is 8.42 Å². The van der Waals surface area contributed by atoms with E-state index >= 15 is 0 Å². The highest BCUT2D eigenvalue weighted by molar-refractivity contribution is 7.92. The molecule has 0 amide bonds. The number of hydrogen-bond donors (Lipinski definition) is 1. The quantitative estimate of drug-likeness (QED) is 0.464. The standard InChI is InChI=1S/C20H15ClN2O2S2/c1-13-6-9-15(10-7-13)27(24,25)23-14-8-11-16(17(21)12-14)20-22-18-4-2-3-5-19(18)26-20/h2-12,23H,1H3. The Labute approximate surface area is 166 Å². The third kappa shape index (κ3) is 3.69. The van der Waals surface area contributed by atoms with Crippen molar-refractivity contribution in [1.82, 2.24) is 4.98 Å². The molecule has 0 spiro atoms. The summed E-state index contributed by atoms with van der Waals surface area (Å²) in [6.07, 6.45) is 0. The summed E-state index contributed by atoms with van der Waals surface area (Å²) in [5.41, 5.74) is 3.09. The van der Waals surface area contributed by atoms with Crippen LogP contribution in [0.5, 0.6) is 0 Å². The number of sulfonamides is 1. The summed E-state index contributed by atoms with van der Waals surface area (Å²) < 4.78 is 28.7. The minimum atomic E-state index is -3.67. The maximum atomic E-state index is 12.5. The molecule has 0 saturated carbocycles. The number of fused-ring (bicyclic) bond motifs is 1. The first-order valence-corrected chi connectivity index (χ1v) is 10.9. The van der Waals surface area contributed by atoms with E-state index in [4.69, 9.17) is 11.6 Å². The highest BCUT2D eigenvalue weighted by Gasteiger charge is 2.16. The summed E-state index contributed by atoms with van der Waals surface area (Å²) in [6.45, 7) is 1.91. The summed E-state index contributed by atoms with van der Waals surface area (Å²) in [4.78, 5) is 4.81. The lowest BCUT2D eigenvalue weighted by Crippen LogP contribution is -2.12. The Bertz CT molecular complexity index is 1200. The molecule has 0 aliphatic heterocycles. The van der Waals surface area contributed by atoms with E-state index in [1.54, 1.807) is 53.8 Å². The van der Waals surface area contributed by atoms with Crippen LogP contribution in [-0.2, 0) is 10.0 Å². The van der Waals surface area contributed by atoms with Crippen molar-refractivity contribution in [3.05, 3.63) is 77.3 Å². The second-order valence-electron chi connectivity index (χ2n) is 6.10. The summed E-state index contributed by atoms with van der Waals surface area (Å²) in [6, 6.07) is 19.6. The highest BCUT2D eigenvalue weighted by atomic mass is 35.5. The van der Waals surface area contributed by atoms with Gasteiger partial charge in [-0.3, -0.25) is 4.72 Å². The van der Waals surface area contributed by atoms with E-state index in [1.165, 1.54) is 0 Å². The van der Waals surface area contributed by atoms with E-state index in [1.807, 2.05) is 31.2 Å². The maximum absolute atomic E-state index is 12.5. The number of hydrogen-bond acceptors (Lipinski definition) is 4. The van der Waals surface area contributed by atoms with Crippen LogP contribution in [0.1, 0.15) is 5.56 Å². The van der Waals surface area contributed by atoms with Crippen molar-refractivity contribution in [2.45, 2.75) is 11.8 Å². The van der Waals surface area contributed by atoms with Gasteiger partial charge in [0.15, 0.2) is 0 Å². The molecule has 0 bridgehead atoms. The van der Waals surface area contributed by atoms with Gasteiger partial charge in [-0.1, -0.05) is 41.4 Å². The molecule has 7 heteroatoms. The first-order chi connectivity index (χ1) is 12.9. The van der Waals surface area contributed by atoms with Crippen molar-refractivity contribution in [3.8, 4) is 10.6 Å². The average molecular weight is 415 g/mol. The van der Waals surface area contributed by atoms with E-state index in [-0.39, 0.29) is 4.90 Å². The Morgan fingerprint density at radius 1 is 1.00 bits per heavy atom. The Kier molecular flexibility index (Phi) is 4.63. The lowest BCUT2D eigenvalue weighted by atomic mass is 10.2. The number of para-hydroxylation sites is 1. The van der Waals surface area contributed by atoms with Gasteiger partial charge < -0.3 is 0 Å². The molecule has 0 atom stereocenters. The average Bonchev–Trinajstić information content (AvgIpc) is 3.05. The van der Waals surface area contributed by atoms with Crippen LogP contribution in [0.15, 0.2) is 71.6 Å². The molecule has 136 valence electrons. The van der Waals surface area contributed by atoms with Gasteiger partial charge in [0.25, 0.3) is 10.0 Å². The molecule has 0 aliphatic rings. The first kappa shape index (κ1) is 18.0. The van der Waals surface area contributed by atoms with Gasteiger partial charge in [-0.15, -0.1) is 11.3 Å². The SMILES string of the molecule is Cc1ccc(S(=O)(=O)Nc2ccc(-c3nc4ccccc4s3)c(Cl)c2)cc1. The van der Waals surface area contributed by atoms with Gasteiger partial charge in [0.1, 0.15) is 5.01 Å². The van der Waals surface area contributed by atoms with Crippen molar-refractivity contribution in [2.24, 2.45) is 0 Å². The molecule has 1 heterocycles. The molecule has 0 unspecified atom stereocenters. The summed E-state index contributed by atoms with van der Waals surface area (Å²) in [7, 11) is -3.67. The molecule has 4 nitrogen and oxygen atoms in total. The highest BCUT2D eigenvalue weighted by Crippen LogP contribution is 2.35. The molecular formula is C20H15ClN2O2S2. The monoisotopic (exact) mass is 414 g/mol. The number of thiazole rings is 1. The van der Waals surface area contributed by atoms with Gasteiger partial charge in [-0.05, 0) is 49.4 Å². The fraction of sp³-hybridized carbons (Fsp3) is 0.0500. The topological polar surface area (TPSA) is 59.1 Å². The van der Waals surface area contributed by atoms with E-state index in [0.717, 1.165) is 26.4 Å². The van der Waals surface area contributed by atoms with Crippen LogP contribution in [0, 0.1) is 6.92 Å². The van der Waals surface area contributed by atoms with Crippen LogP contribution in [0.2, 0.25) is 5.02 Å². The molecule has 0 fully saturated rings. The maximum Gasteiger partial charge on any atom is 0.261 e. The zero-order chi connectivity index (χ0) is 19.0. The van der Waals surface area contributed by atoms with Crippen LogP contribution < -0.4 is 4.72 Å². The second kappa shape index (κ2) is 6.96. The van der Waals surface area contributed by atoms with E-state index in [0.29, 0.717) is 10.7 Å². The largest absolute Gasteiger partial charge is 0.280 e. The summed E-state index contributed by atoms with van der Waals surface area (Å²) >= 11 is 7.97. The normalized spacial score (nSPS) is 11.6. The Morgan fingerprint density at radius 3 is 2.44 bits per heavy atom. The minimum absolute atomic E-state index is 0.208. The molecule has 1 N–H and O–H groups in total. The molecule has 0 saturated heterocycles. The number of halogens is 1. The number of benzene rings is 3. The number of aryl methyl sites for hydroxylation is 1. The van der Waals surface area contributed by atoms with Crippen LogP contribution in [0.25, 0.3) is 20.8 Å². The van der Waals surface area contributed by atoms with Crippen molar-refractivity contribution in [1.29, 1.82) is 0 Å². The third-order valence-electron chi connectivity index (χ3n) is 4.08. The van der Waals surface area contributed by atoms with Crippen molar-refractivity contribution in [2.75, 3.05) is 4.72 Å². The molecule has 27 heavy (non-hydrogen) atoms. The van der Waals surface area contributed by atoms with Gasteiger partial charge >= 0.3 is 0 Å². The predicted octanol–water partition coefficient (Wildman–Crippen LogP) is 5.73. The Morgan fingerprint density at radius 2 is 1.74 bits per heavy atom. The number of anilines is 1. The van der Waals surface area contributed by atoms with Crippen molar-refractivity contribution >= 4 is 48.9 Å². The minimum Gasteiger partial charge on any atom is -0.280 e. The fourth-order valence-electron chi connectivity index (χ4n) is 2.67. The fourth-order valence-corrected chi connectivity index (χ4v) is 5.05. The third-order valence-corrected chi connectivity index (χ3v) is 6.86. The number of nitrogens with zero attached hydrogens (tertiary/aromatic N) is 1. The van der Waals surface area contributed by atoms with Crippen molar-refractivity contribution < 1.29 is 8.42 Å². The molecule has 1 aromatic heterocycles. The number of nitrogens with one attached hydrogen (secondary N) is 1. The zero-order valence-corrected chi connectivity index (χ0v) is 16.7. The smallest absolute Gasteiger partial charge is 0.261 e. The van der Waals surface area contributed by atoms with Crippen LogP contribution >= 0.6 is 22.9 Å². The molecule has 4 aromatic rings. The van der Waals surface area contributed by atoms with Gasteiger partial charge in [-0.25, -0.2) is 13.4 Å². The summed E-state index contributed by atoms with van der Waals surface area (Å²) in [5.74, 6) is 0. The lowest BCUT2D eigenvalue weighted by molar-refractivity contribution is 0.601. The lowest BCUT2D eigenvalue weighted by Gasteiger charge is -2.10. The predicted molar refractivity (Wildman–Crippen MR) is 112 cm³/mol. The first-order valence-electron chi connectivity index (χ1n) is 8.17. The van der Waals surface area contributed by atoms with Gasteiger partial charge in [-0.2, -0.15) is 0 Å². The Hall–Kier alpha value is -2.41. The number of aromatic nitrogens is 1. The van der Waals surface area contributed by atoms with Crippen molar-refractivity contribution in [3.63, 3.8) is 0 Å². The van der Waals surface area contributed by atoms with Crippen LogP contribution in [0.3, 0.4) is 0 Å². The summed E-state index contributed by atoms with van der Waals surface area (Å²) in [5, 5.41) is 1.24. The van der Waals surface area contributed by atoms with Gasteiger partial charge in [0.05, 0.1) is 25.8 Å². The molecule has 0 aliphatic carbocycles. The molecule has 4 rings (SSSR count). The molecule has 0 radical (unpaired) electrons. The number of rotatable bonds is 4. The van der Waals surface area contributed by atoms with Gasteiger partial charge in [0.2, 0.25) is 0 Å².